The Hall–Kier alpha value is -3.14. The van der Waals surface area contributed by atoms with E-state index in [4.69, 9.17) is 4.98 Å². The molecule has 4 aromatic rings. The van der Waals surface area contributed by atoms with E-state index >= 15 is 0 Å². The molecular weight excluding hydrogens is 296 g/mol. The highest BCUT2D eigenvalue weighted by Crippen LogP contribution is 2.25. The highest BCUT2D eigenvalue weighted by molar-refractivity contribution is 5.82. The van der Waals surface area contributed by atoms with Gasteiger partial charge in [-0.05, 0) is 32.0 Å². The second-order valence-electron chi connectivity index (χ2n) is 5.72. The topological polar surface area (TPSA) is 51.6 Å². The molecule has 116 valence electrons. The molecule has 0 spiro atoms. The van der Waals surface area contributed by atoms with Gasteiger partial charge in [-0.25, -0.2) is 19.9 Å². The molecule has 0 amide bonds. The summed E-state index contributed by atoms with van der Waals surface area (Å²) in [4.78, 5) is 17.9. The molecule has 2 aromatic heterocycles. The first kappa shape index (κ1) is 14.5. The van der Waals surface area contributed by atoms with Crippen LogP contribution in [0.15, 0.2) is 60.7 Å². The van der Waals surface area contributed by atoms with Crippen LogP contribution in [0.5, 0.6) is 0 Å². The van der Waals surface area contributed by atoms with Crippen molar-refractivity contribution in [3.05, 3.63) is 72.3 Å². The molecule has 0 aliphatic heterocycles. The molecule has 2 aromatic carbocycles. The van der Waals surface area contributed by atoms with Crippen LogP contribution in [0.25, 0.3) is 33.5 Å². The SMILES string of the molecule is Cc1nc(C)nc(-c2cccc(-c3ccc4ccccc4n3)c2)n1. The molecule has 0 aliphatic rings. The van der Waals surface area contributed by atoms with Gasteiger partial charge in [0.05, 0.1) is 11.2 Å². The van der Waals surface area contributed by atoms with Gasteiger partial charge in [-0.2, -0.15) is 0 Å². The Morgan fingerprint density at radius 3 is 2.21 bits per heavy atom. The van der Waals surface area contributed by atoms with Crippen molar-refractivity contribution in [1.82, 2.24) is 19.9 Å². The average molecular weight is 312 g/mol. The Balaban J connectivity index is 1.81. The van der Waals surface area contributed by atoms with Crippen LogP contribution >= 0.6 is 0 Å². The lowest BCUT2D eigenvalue weighted by Crippen LogP contribution is -1.98. The second-order valence-corrected chi connectivity index (χ2v) is 5.72. The average Bonchev–Trinajstić information content (AvgIpc) is 2.60. The van der Waals surface area contributed by atoms with Gasteiger partial charge >= 0.3 is 0 Å². The molecule has 0 atom stereocenters. The Kier molecular flexibility index (Phi) is 3.50. The summed E-state index contributed by atoms with van der Waals surface area (Å²) >= 11 is 0. The third-order valence-corrected chi connectivity index (χ3v) is 3.87. The van der Waals surface area contributed by atoms with Crippen molar-refractivity contribution in [3.63, 3.8) is 0 Å². The van der Waals surface area contributed by atoms with Crippen LogP contribution in [-0.4, -0.2) is 19.9 Å². The van der Waals surface area contributed by atoms with Crippen molar-refractivity contribution in [2.75, 3.05) is 0 Å². The Labute approximate surface area is 140 Å². The van der Waals surface area contributed by atoms with Crippen LogP contribution < -0.4 is 0 Å². The molecule has 2 heterocycles. The van der Waals surface area contributed by atoms with Gasteiger partial charge in [0.25, 0.3) is 0 Å². The molecular formula is C20H16N4. The zero-order chi connectivity index (χ0) is 16.5. The predicted octanol–water partition coefficient (Wildman–Crippen LogP) is 4.37. The number of benzene rings is 2. The molecule has 0 aliphatic carbocycles. The minimum Gasteiger partial charge on any atom is -0.248 e. The third-order valence-electron chi connectivity index (χ3n) is 3.87. The van der Waals surface area contributed by atoms with Crippen molar-refractivity contribution in [2.45, 2.75) is 13.8 Å². The van der Waals surface area contributed by atoms with Crippen molar-refractivity contribution in [2.24, 2.45) is 0 Å². The molecule has 0 radical (unpaired) electrons. The van der Waals surface area contributed by atoms with Crippen LogP contribution in [-0.2, 0) is 0 Å². The Morgan fingerprint density at radius 1 is 0.625 bits per heavy atom. The van der Waals surface area contributed by atoms with Gasteiger partial charge in [0.2, 0.25) is 0 Å². The quantitative estimate of drug-likeness (QED) is 0.551. The fourth-order valence-corrected chi connectivity index (χ4v) is 2.79. The number of aromatic nitrogens is 4. The maximum atomic E-state index is 4.76. The van der Waals surface area contributed by atoms with Crippen LogP contribution in [0.3, 0.4) is 0 Å². The molecule has 0 saturated carbocycles. The predicted molar refractivity (Wildman–Crippen MR) is 95.5 cm³/mol. The fraction of sp³-hybridized carbons (Fsp3) is 0.100. The minimum absolute atomic E-state index is 0.697. The summed E-state index contributed by atoms with van der Waals surface area (Å²) < 4.78 is 0. The van der Waals surface area contributed by atoms with Gasteiger partial charge in [0.15, 0.2) is 5.82 Å². The van der Waals surface area contributed by atoms with Crippen molar-refractivity contribution < 1.29 is 0 Å². The highest BCUT2D eigenvalue weighted by Gasteiger charge is 2.07. The lowest BCUT2D eigenvalue weighted by atomic mass is 10.1. The monoisotopic (exact) mass is 312 g/mol. The number of aryl methyl sites for hydroxylation is 2. The molecule has 4 rings (SSSR count). The molecule has 0 unspecified atom stereocenters. The van der Waals surface area contributed by atoms with E-state index < -0.39 is 0 Å². The number of para-hydroxylation sites is 1. The number of nitrogens with zero attached hydrogens (tertiary/aromatic N) is 4. The number of rotatable bonds is 2. The van der Waals surface area contributed by atoms with E-state index in [0.717, 1.165) is 39.4 Å². The first-order valence-electron chi connectivity index (χ1n) is 7.85. The zero-order valence-electron chi connectivity index (χ0n) is 13.6. The Bertz CT molecular complexity index is 1020. The minimum atomic E-state index is 0.697. The van der Waals surface area contributed by atoms with Gasteiger partial charge in [0, 0.05) is 16.5 Å². The summed E-state index contributed by atoms with van der Waals surface area (Å²) in [5.41, 5.74) is 3.95. The Morgan fingerprint density at radius 2 is 1.38 bits per heavy atom. The molecule has 0 saturated heterocycles. The van der Waals surface area contributed by atoms with Crippen molar-refractivity contribution >= 4 is 10.9 Å². The molecule has 4 nitrogen and oxygen atoms in total. The van der Waals surface area contributed by atoms with E-state index in [0.29, 0.717) is 5.82 Å². The van der Waals surface area contributed by atoms with E-state index in [1.807, 2.05) is 50.2 Å². The van der Waals surface area contributed by atoms with Gasteiger partial charge in [0.1, 0.15) is 11.6 Å². The van der Waals surface area contributed by atoms with Crippen LogP contribution in [0.4, 0.5) is 0 Å². The fourth-order valence-electron chi connectivity index (χ4n) is 2.79. The van der Waals surface area contributed by atoms with Crippen LogP contribution in [0.1, 0.15) is 11.6 Å². The smallest absolute Gasteiger partial charge is 0.163 e. The molecule has 24 heavy (non-hydrogen) atoms. The number of fused-ring (bicyclic) bond motifs is 1. The standard InChI is InChI=1S/C20H16N4/c1-13-21-14(2)23-20(22-13)17-8-5-7-16(12-17)19-11-10-15-6-3-4-9-18(15)24-19/h3-12H,1-2H3. The lowest BCUT2D eigenvalue weighted by molar-refractivity contribution is 0.928. The first-order chi connectivity index (χ1) is 11.7. The molecule has 0 N–H and O–H groups in total. The van der Waals surface area contributed by atoms with Gasteiger partial charge < -0.3 is 0 Å². The van der Waals surface area contributed by atoms with E-state index in [-0.39, 0.29) is 0 Å². The van der Waals surface area contributed by atoms with Crippen molar-refractivity contribution in [1.29, 1.82) is 0 Å². The summed E-state index contributed by atoms with van der Waals surface area (Å²) in [5.74, 6) is 2.15. The normalized spacial score (nSPS) is 10.9. The van der Waals surface area contributed by atoms with E-state index in [2.05, 4.69) is 39.2 Å². The third kappa shape index (κ3) is 2.74. The highest BCUT2D eigenvalue weighted by atomic mass is 15.0. The summed E-state index contributed by atoms with van der Waals surface area (Å²) in [5, 5.41) is 1.14. The summed E-state index contributed by atoms with van der Waals surface area (Å²) in [6, 6.07) is 20.4. The van der Waals surface area contributed by atoms with Crippen LogP contribution in [0, 0.1) is 13.8 Å². The number of hydrogen-bond acceptors (Lipinski definition) is 4. The van der Waals surface area contributed by atoms with E-state index in [1.165, 1.54) is 0 Å². The zero-order valence-corrected chi connectivity index (χ0v) is 13.6. The van der Waals surface area contributed by atoms with Gasteiger partial charge in [-0.15, -0.1) is 0 Å². The largest absolute Gasteiger partial charge is 0.248 e. The van der Waals surface area contributed by atoms with Gasteiger partial charge in [-0.1, -0.05) is 42.5 Å². The summed E-state index contributed by atoms with van der Waals surface area (Å²) in [6.07, 6.45) is 0. The summed E-state index contributed by atoms with van der Waals surface area (Å²) in [6.45, 7) is 3.76. The van der Waals surface area contributed by atoms with E-state index in [9.17, 15) is 0 Å². The first-order valence-corrected chi connectivity index (χ1v) is 7.85. The van der Waals surface area contributed by atoms with E-state index in [1.54, 1.807) is 0 Å². The lowest BCUT2D eigenvalue weighted by Gasteiger charge is -2.07. The molecule has 0 bridgehead atoms. The molecule has 0 fully saturated rings. The van der Waals surface area contributed by atoms with Crippen LogP contribution in [0.2, 0.25) is 0 Å². The number of hydrogen-bond donors (Lipinski definition) is 0. The van der Waals surface area contributed by atoms with Crippen molar-refractivity contribution in [3.8, 4) is 22.6 Å². The maximum Gasteiger partial charge on any atom is 0.163 e. The van der Waals surface area contributed by atoms with Gasteiger partial charge in [-0.3, -0.25) is 0 Å². The second kappa shape index (κ2) is 5.81. The maximum absolute atomic E-state index is 4.76. The molecule has 4 heteroatoms. The summed E-state index contributed by atoms with van der Waals surface area (Å²) in [7, 11) is 0. The number of pyridine rings is 1.